The topological polar surface area (TPSA) is 58.6 Å². The molecule has 6 heteroatoms. The molecule has 1 aliphatic heterocycles. The minimum Gasteiger partial charge on any atom is -0.378 e. The van der Waals surface area contributed by atoms with E-state index in [9.17, 15) is 9.59 Å². The predicted octanol–water partition coefficient (Wildman–Crippen LogP) is 2.86. The van der Waals surface area contributed by atoms with Crippen molar-refractivity contribution in [1.29, 1.82) is 0 Å². The molecule has 130 valence electrons. The number of ether oxygens (including phenoxy) is 1. The number of hydrogen-bond donors (Lipinski definition) is 1. The number of nitrogens with zero attached hydrogens (tertiary/aromatic N) is 1. The molecule has 0 atom stereocenters. The number of amides is 2. The smallest absolute Gasteiger partial charge is 0.257 e. The molecule has 1 N–H and O–H groups in total. The quantitative estimate of drug-likeness (QED) is 0.855. The molecule has 2 amide bonds. The number of thiophene rings is 1. The van der Waals surface area contributed by atoms with Gasteiger partial charge in [-0.25, -0.2) is 0 Å². The Morgan fingerprint density at radius 3 is 2.71 bits per heavy atom. The van der Waals surface area contributed by atoms with Gasteiger partial charge in [0.05, 0.1) is 18.8 Å². The number of hydrogen-bond acceptors (Lipinski definition) is 4. The van der Waals surface area contributed by atoms with Crippen LogP contribution in [0, 0.1) is 5.41 Å². The molecular formula is C18H24N2O3S. The van der Waals surface area contributed by atoms with Crippen molar-refractivity contribution in [2.45, 2.75) is 33.1 Å². The molecule has 24 heavy (non-hydrogen) atoms. The van der Waals surface area contributed by atoms with Crippen LogP contribution in [0.1, 0.15) is 41.1 Å². The Kier molecular flexibility index (Phi) is 4.78. The highest BCUT2D eigenvalue weighted by atomic mass is 32.1. The first-order chi connectivity index (χ1) is 11.4. The lowest BCUT2D eigenvalue weighted by molar-refractivity contribution is -0.111. The lowest BCUT2D eigenvalue weighted by Crippen LogP contribution is -2.41. The second-order valence-corrected chi connectivity index (χ2v) is 8.25. The van der Waals surface area contributed by atoms with Crippen molar-refractivity contribution >= 4 is 28.2 Å². The van der Waals surface area contributed by atoms with Gasteiger partial charge in [0.15, 0.2) is 0 Å². The zero-order chi connectivity index (χ0) is 17.3. The summed E-state index contributed by atoms with van der Waals surface area (Å²) in [5, 5.41) is 3.51. The molecule has 0 aromatic carbocycles. The Morgan fingerprint density at radius 1 is 1.33 bits per heavy atom. The fourth-order valence-corrected chi connectivity index (χ4v) is 4.81. The van der Waals surface area contributed by atoms with Gasteiger partial charge in [0.1, 0.15) is 5.00 Å². The molecule has 1 saturated heterocycles. The van der Waals surface area contributed by atoms with Crippen LogP contribution < -0.4 is 5.32 Å². The average molecular weight is 348 g/mol. The van der Waals surface area contributed by atoms with E-state index in [0.29, 0.717) is 36.9 Å². The molecule has 1 fully saturated rings. The Balaban J connectivity index is 1.98. The molecule has 0 saturated carbocycles. The Bertz CT molecular complexity index is 672. The SMILES string of the molecule is C=CC(=O)Nc1sc2c(c1C(=O)N1CCOCC1)CCC(C)(C)C2. The summed E-state index contributed by atoms with van der Waals surface area (Å²) < 4.78 is 5.35. The van der Waals surface area contributed by atoms with E-state index in [-0.39, 0.29) is 17.2 Å². The van der Waals surface area contributed by atoms with Crippen molar-refractivity contribution in [3.05, 3.63) is 28.7 Å². The van der Waals surface area contributed by atoms with Crippen molar-refractivity contribution in [3.63, 3.8) is 0 Å². The van der Waals surface area contributed by atoms with Gasteiger partial charge in [-0.15, -0.1) is 11.3 Å². The van der Waals surface area contributed by atoms with Crippen LogP contribution in [0.3, 0.4) is 0 Å². The molecule has 0 unspecified atom stereocenters. The largest absolute Gasteiger partial charge is 0.378 e. The summed E-state index contributed by atoms with van der Waals surface area (Å²) in [7, 11) is 0. The molecule has 3 rings (SSSR count). The van der Waals surface area contributed by atoms with Crippen LogP contribution in [0.2, 0.25) is 0 Å². The number of carbonyl (C=O) groups is 2. The fraction of sp³-hybridized carbons (Fsp3) is 0.556. The number of carbonyl (C=O) groups excluding carboxylic acids is 2. The second-order valence-electron chi connectivity index (χ2n) is 7.15. The van der Waals surface area contributed by atoms with E-state index in [2.05, 4.69) is 25.7 Å². The first kappa shape index (κ1) is 17.2. The van der Waals surface area contributed by atoms with Crippen LogP contribution in [-0.4, -0.2) is 43.0 Å². The summed E-state index contributed by atoms with van der Waals surface area (Å²) in [5.41, 5.74) is 2.04. The molecule has 1 aromatic rings. The first-order valence-electron chi connectivity index (χ1n) is 8.36. The third-order valence-corrected chi connectivity index (χ3v) is 5.86. The second kappa shape index (κ2) is 6.69. The average Bonchev–Trinajstić information content (AvgIpc) is 2.90. The first-order valence-corrected chi connectivity index (χ1v) is 9.18. The summed E-state index contributed by atoms with van der Waals surface area (Å²) in [5.74, 6) is -0.265. The van der Waals surface area contributed by atoms with Gasteiger partial charge in [0.25, 0.3) is 5.91 Å². The van der Waals surface area contributed by atoms with Crippen LogP contribution in [-0.2, 0) is 22.4 Å². The summed E-state index contributed by atoms with van der Waals surface area (Å²) in [6.07, 6.45) is 4.12. The van der Waals surface area contributed by atoms with Crippen molar-refractivity contribution < 1.29 is 14.3 Å². The van der Waals surface area contributed by atoms with Gasteiger partial charge in [-0.05, 0) is 36.3 Å². The van der Waals surface area contributed by atoms with Gasteiger partial charge in [-0.1, -0.05) is 20.4 Å². The Morgan fingerprint density at radius 2 is 2.04 bits per heavy atom. The highest BCUT2D eigenvalue weighted by Crippen LogP contribution is 2.44. The lowest BCUT2D eigenvalue weighted by atomic mass is 9.77. The minimum absolute atomic E-state index is 0.00914. The number of nitrogens with one attached hydrogen (secondary N) is 1. The summed E-state index contributed by atoms with van der Waals surface area (Å²) in [6.45, 7) is 10.3. The van der Waals surface area contributed by atoms with Crippen LogP contribution >= 0.6 is 11.3 Å². The molecule has 0 spiro atoms. The van der Waals surface area contributed by atoms with Crippen LogP contribution in [0.4, 0.5) is 5.00 Å². The maximum Gasteiger partial charge on any atom is 0.257 e. The zero-order valence-corrected chi connectivity index (χ0v) is 15.1. The third-order valence-electron chi connectivity index (χ3n) is 4.72. The zero-order valence-electron chi connectivity index (χ0n) is 14.3. The number of rotatable bonds is 3. The molecule has 2 heterocycles. The molecule has 5 nitrogen and oxygen atoms in total. The molecule has 1 aromatic heterocycles. The monoisotopic (exact) mass is 348 g/mol. The van der Waals surface area contributed by atoms with Crippen LogP contribution in [0.5, 0.6) is 0 Å². The van der Waals surface area contributed by atoms with Gasteiger partial charge in [-0.2, -0.15) is 0 Å². The van der Waals surface area contributed by atoms with E-state index in [1.165, 1.54) is 11.0 Å². The third kappa shape index (κ3) is 3.39. The van der Waals surface area contributed by atoms with Gasteiger partial charge < -0.3 is 15.0 Å². The van der Waals surface area contributed by atoms with E-state index < -0.39 is 0 Å². The number of anilines is 1. The molecule has 2 aliphatic rings. The minimum atomic E-state index is -0.274. The van der Waals surface area contributed by atoms with E-state index in [1.807, 2.05) is 4.90 Å². The van der Waals surface area contributed by atoms with Gasteiger partial charge >= 0.3 is 0 Å². The highest BCUT2D eigenvalue weighted by Gasteiger charge is 2.34. The van der Waals surface area contributed by atoms with Gasteiger partial charge in [-0.3, -0.25) is 9.59 Å². The van der Waals surface area contributed by atoms with E-state index in [4.69, 9.17) is 4.74 Å². The maximum absolute atomic E-state index is 13.1. The molecule has 0 bridgehead atoms. The summed E-state index contributed by atoms with van der Waals surface area (Å²) in [4.78, 5) is 27.9. The van der Waals surface area contributed by atoms with Gasteiger partial charge in [0, 0.05) is 18.0 Å². The van der Waals surface area contributed by atoms with E-state index in [0.717, 1.165) is 24.8 Å². The molecule has 1 aliphatic carbocycles. The van der Waals surface area contributed by atoms with Crippen molar-refractivity contribution in [3.8, 4) is 0 Å². The predicted molar refractivity (Wildman–Crippen MR) is 95.7 cm³/mol. The van der Waals surface area contributed by atoms with Crippen molar-refractivity contribution in [1.82, 2.24) is 4.90 Å². The van der Waals surface area contributed by atoms with Crippen LogP contribution in [0.15, 0.2) is 12.7 Å². The van der Waals surface area contributed by atoms with E-state index >= 15 is 0 Å². The van der Waals surface area contributed by atoms with Crippen LogP contribution in [0.25, 0.3) is 0 Å². The maximum atomic E-state index is 13.1. The molecular weight excluding hydrogens is 324 g/mol. The fourth-order valence-electron chi connectivity index (χ4n) is 3.31. The Hall–Kier alpha value is -1.66. The standard InChI is InChI=1S/C18H24N2O3S/c1-4-14(21)19-16-15(17(22)20-7-9-23-10-8-20)12-5-6-18(2,3)11-13(12)24-16/h4H,1,5-11H2,2-3H3,(H,19,21). The van der Waals surface area contributed by atoms with Gasteiger partial charge in [0.2, 0.25) is 5.91 Å². The molecule has 0 radical (unpaired) electrons. The summed E-state index contributed by atoms with van der Waals surface area (Å²) >= 11 is 1.54. The van der Waals surface area contributed by atoms with E-state index in [1.54, 1.807) is 11.3 Å². The highest BCUT2D eigenvalue weighted by molar-refractivity contribution is 7.17. The van der Waals surface area contributed by atoms with Crippen molar-refractivity contribution in [2.24, 2.45) is 5.41 Å². The number of morpholine rings is 1. The van der Waals surface area contributed by atoms with Crippen molar-refractivity contribution in [2.75, 3.05) is 31.6 Å². The number of fused-ring (bicyclic) bond motifs is 1. The summed E-state index contributed by atoms with van der Waals surface area (Å²) in [6, 6.07) is 0. The normalized spacial score (nSPS) is 19.5. The lowest BCUT2D eigenvalue weighted by Gasteiger charge is -2.31. The Labute approximate surface area is 146 Å².